The van der Waals surface area contributed by atoms with Crippen molar-refractivity contribution in [3.8, 4) is 11.5 Å². The Balaban J connectivity index is 1.43. The van der Waals surface area contributed by atoms with Gasteiger partial charge in [0.1, 0.15) is 17.2 Å². The van der Waals surface area contributed by atoms with Crippen LogP contribution in [0.4, 0.5) is 33.3 Å². The van der Waals surface area contributed by atoms with Crippen LogP contribution in [0.5, 0.6) is 11.5 Å². The maximum atomic E-state index is 15.2. The van der Waals surface area contributed by atoms with Gasteiger partial charge >= 0.3 is 0 Å². The van der Waals surface area contributed by atoms with E-state index < -0.39 is 104 Å². The van der Waals surface area contributed by atoms with Gasteiger partial charge in [-0.1, -0.05) is 17.7 Å². The molecule has 2 saturated heterocycles. The fourth-order valence-electron chi connectivity index (χ4n) is 7.98. The molecule has 2 heterocycles. The van der Waals surface area contributed by atoms with Crippen molar-refractivity contribution in [2.45, 2.75) is 35.4 Å². The molecule has 9 nitrogen and oxygen atoms in total. The average Bonchev–Trinajstić information content (AvgIpc) is 3.44. The highest BCUT2D eigenvalue weighted by atomic mass is 35.5. The summed E-state index contributed by atoms with van der Waals surface area (Å²) >= 11 is 14.2. The van der Waals surface area contributed by atoms with Crippen LogP contribution in [-0.4, -0.2) is 51.4 Å². The predicted octanol–water partition coefficient (Wildman–Crippen LogP) is 6.07. The number of carbonyl (C=O) groups excluding carboxylic acids is 5. The molecule has 0 spiro atoms. The Bertz CT molecular complexity index is 2140. The van der Waals surface area contributed by atoms with Gasteiger partial charge in [0.15, 0.2) is 38.8 Å². The number of imide groups is 2. The van der Waals surface area contributed by atoms with Crippen LogP contribution in [0.2, 0.25) is 0 Å². The fourth-order valence-corrected chi connectivity index (χ4v) is 8.90. The van der Waals surface area contributed by atoms with Crippen molar-refractivity contribution in [3.05, 3.63) is 94.3 Å². The van der Waals surface area contributed by atoms with Crippen LogP contribution in [-0.2, 0) is 19.2 Å². The highest BCUT2D eigenvalue weighted by Crippen LogP contribution is 2.67. The second-order valence-corrected chi connectivity index (χ2v) is 13.9. The van der Waals surface area contributed by atoms with Gasteiger partial charge in [-0.25, -0.2) is 26.9 Å². The van der Waals surface area contributed by atoms with Crippen molar-refractivity contribution in [2.24, 2.45) is 17.8 Å². The first-order valence-corrected chi connectivity index (χ1v) is 16.1. The Kier molecular flexibility index (Phi) is 7.88. The van der Waals surface area contributed by atoms with Gasteiger partial charge in [0.05, 0.1) is 24.6 Å². The minimum atomic E-state index is -2.83. The van der Waals surface area contributed by atoms with Crippen molar-refractivity contribution in [2.75, 3.05) is 16.9 Å². The fraction of sp³-hybridized carbons (Fsp3) is 0.286. The number of hydrogen-bond acceptors (Lipinski definition) is 7. The molecular formula is C35H23Cl2F5N2O7. The molecule has 6 atom stereocenters. The number of phenols is 1. The Labute approximate surface area is 295 Å². The molecule has 3 aromatic rings. The quantitative estimate of drug-likeness (QED) is 0.0640. The lowest BCUT2D eigenvalue weighted by Crippen LogP contribution is -2.60. The third-order valence-corrected chi connectivity index (χ3v) is 11.7. The van der Waals surface area contributed by atoms with Crippen LogP contribution in [0, 0.1) is 46.8 Å². The van der Waals surface area contributed by atoms with Gasteiger partial charge in [-0.15, -0.1) is 23.2 Å². The van der Waals surface area contributed by atoms with Crippen molar-refractivity contribution in [1.29, 1.82) is 0 Å². The van der Waals surface area contributed by atoms with E-state index in [1.807, 2.05) is 0 Å². The van der Waals surface area contributed by atoms with E-state index in [-0.39, 0.29) is 39.7 Å². The lowest BCUT2D eigenvalue weighted by atomic mass is 9.56. The number of benzene rings is 3. The number of phenolic OH excluding ortho intramolecular Hbond substituents is 1. The Hall–Kier alpha value is -4.82. The molecule has 0 bridgehead atoms. The summed E-state index contributed by atoms with van der Waals surface area (Å²) in [6.07, 6.45) is 0.667. The number of hydrogen-bond donors (Lipinski definition) is 1. The summed E-state index contributed by atoms with van der Waals surface area (Å²) in [6, 6.07) is 9.58. The number of amides is 4. The topological polar surface area (TPSA) is 121 Å². The van der Waals surface area contributed by atoms with Gasteiger partial charge in [0.25, 0.3) is 11.8 Å². The smallest absolute Gasteiger partial charge is 0.258 e. The summed E-state index contributed by atoms with van der Waals surface area (Å²) in [5, 5.41) is 11.2. The van der Waals surface area contributed by atoms with Crippen LogP contribution < -0.4 is 14.5 Å². The number of anilines is 2. The number of ketones is 1. The van der Waals surface area contributed by atoms with E-state index in [0.717, 1.165) is 4.90 Å². The first-order chi connectivity index (χ1) is 24.0. The molecule has 1 N–H and O–H groups in total. The van der Waals surface area contributed by atoms with Gasteiger partial charge in [0, 0.05) is 17.0 Å². The van der Waals surface area contributed by atoms with E-state index in [1.54, 1.807) is 0 Å². The Morgan fingerprint density at radius 2 is 1.45 bits per heavy atom. The standard InChI is InChI=1S/C35H23Cl2F5N2O7/c1-13(45)14-6-8-15(9-7-14)43-30(47)17-11-10-16-18(21(17)31(43)48)12-34(36)32(49)44(29-27(41)25(39)24(38)26(40)28(29)42)33(50)35(34,37)23(16)22-19(46)4-3-5-20(22)51-2/h3-10,17-18,21,23,46H,11-12H2,1-2H3/t17-,18+,21-,23+,34+,35-/m0/s1. The number of nitrogens with zero attached hydrogens (tertiary/aromatic N) is 2. The summed E-state index contributed by atoms with van der Waals surface area (Å²) in [5.41, 5.74) is -1.56. The summed E-state index contributed by atoms with van der Waals surface area (Å²) in [5.74, 6) is -23.3. The van der Waals surface area contributed by atoms with Crippen LogP contribution >= 0.6 is 23.2 Å². The van der Waals surface area contributed by atoms with Crippen LogP contribution in [0.3, 0.4) is 0 Å². The number of Topliss-reactive ketones (excluding diaryl/α,β-unsaturated/α-hetero) is 1. The molecule has 3 fully saturated rings. The lowest BCUT2D eigenvalue weighted by Gasteiger charge is -2.50. The maximum absolute atomic E-state index is 15.2. The van der Waals surface area contributed by atoms with E-state index >= 15 is 8.78 Å². The lowest BCUT2D eigenvalue weighted by molar-refractivity contribution is -0.125. The monoisotopic (exact) mass is 748 g/mol. The molecule has 3 aromatic carbocycles. The largest absolute Gasteiger partial charge is 0.508 e. The molecule has 0 unspecified atom stereocenters. The van der Waals surface area contributed by atoms with Crippen LogP contribution in [0.15, 0.2) is 54.1 Å². The second-order valence-electron chi connectivity index (χ2n) is 12.7. The normalized spacial score (nSPS) is 28.5. The zero-order valence-corrected chi connectivity index (χ0v) is 27.8. The number of halogens is 7. The van der Waals surface area contributed by atoms with Crippen LogP contribution in [0.25, 0.3) is 0 Å². The number of ether oxygens (including phenoxy) is 1. The summed E-state index contributed by atoms with van der Waals surface area (Å²) in [6.45, 7) is 1.34. The molecule has 0 radical (unpaired) electrons. The van der Waals surface area contributed by atoms with Gasteiger partial charge in [-0.2, -0.15) is 0 Å². The molecule has 4 amide bonds. The summed E-state index contributed by atoms with van der Waals surface area (Å²) in [7, 11) is 1.20. The van der Waals surface area contributed by atoms with E-state index in [1.165, 1.54) is 62.6 Å². The molecular weight excluding hydrogens is 726 g/mol. The number of rotatable bonds is 5. The first-order valence-electron chi connectivity index (χ1n) is 15.4. The van der Waals surface area contributed by atoms with Crippen molar-refractivity contribution in [3.63, 3.8) is 0 Å². The van der Waals surface area contributed by atoms with Gasteiger partial charge < -0.3 is 9.84 Å². The SMILES string of the molecule is COc1cccc(O)c1[C@H]1C2=CC[C@@H]3C(=O)N(c4ccc(C(C)=O)cc4)C(=O)[C@@H]3[C@@H]2C[C@@]2(Cl)C(=O)N(c3c(F)c(F)c(F)c(F)c3F)C(=O)[C@@]12Cl. The number of fused-ring (bicyclic) bond motifs is 4. The van der Waals surface area contributed by atoms with Gasteiger partial charge in [-0.3, -0.25) is 28.9 Å². The zero-order valence-electron chi connectivity index (χ0n) is 26.3. The molecule has 0 aromatic heterocycles. The minimum Gasteiger partial charge on any atom is -0.508 e. The number of aromatic hydroxyl groups is 1. The van der Waals surface area contributed by atoms with E-state index in [2.05, 4.69) is 0 Å². The first kappa shape index (κ1) is 34.6. The number of allylic oxidation sites excluding steroid dienone is 2. The summed E-state index contributed by atoms with van der Waals surface area (Å²) < 4.78 is 78.9. The molecule has 1 saturated carbocycles. The molecule has 16 heteroatoms. The number of alkyl halides is 2. The van der Waals surface area contributed by atoms with Crippen LogP contribution in [0.1, 0.15) is 41.6 Å². The molecule has 4 aliphatic rings. The van der Waals surface area contributed by atoms with Crippen molar-refractivity contribution in [1.82, 2.24) is 0 Å². The Morgan fingerprint density at radius 1 is 0.843 bits per heavy atom. The maximum Gasteiger partial charge on any atom is 0.258 e. The average molecular weight is 749 g/mol. The number of methoxy groups -OCH3 is 1. The van der Waals surface area contributed by atoms with Gasteiger partial charge in [0.2, 0.25) is 17.6 Å². The third kappa shape index (κ3) is 4.41. The second kappa shape index (κ2) is 11.6. The molecule has 2 aliphatic carbocycles. The van der Waals surface area contributed by atoms with Gasteiger partial charge in [-0.05, 0) is 62.1 Å². The number of carbonyl (C=O) groups is 5. The van der Waals surface area contributed by atoms with E-state index in [4.69, 9.17) is 27.9 Å². The van der Waals surface area contributed by atoms with E-state index in [0.29, 0.717) is 5.56 Å². The van der Waals surface area contributed by atoms with Crippen molar-refractivity contribution >= 4 is 64.0 Å². The summed E-state index contributed by atoms with van der Waals surface area (Å²) in [4.78, 5) is 63.6. The Morgan fingerprint density at radius 3 is 2.04 bits per heavy atom. The molecule has 51 heavy (non-hydrogen) atoms. The molecule has 2 aliphatic heterocycles. The van der Waals surface area contributed by atoms with E-state index in [9.17, 15) is 42.3 Å². The van der Waals surface area contributed by atoms with Crippen molar-refractivity contribution < 1.29 is 55.8 Å². The predicted molar refractivity (Wildman–Crippen MR) is 170 cm³/mol. The third-order valence-electron chi connectivity index (χ3n) is 10.3. The highest BCUT2D eigenvalue weighted by molar-refractivity contribution is 6.58. The zero-order chi connectivity index (χ0) is 37.1. The highest BCUT2D eigenvalue weighted by Gasteiger charge is 2.77. The molecule has 264 valence electrons. The molecule has 7 rings (SSSR count). The minimum absolute atomic E-state index is 0.0985.